The van der Waals surface area contributed by atoms with E-state index in [-0.39, 0.29) is 6.54 Å². The van der Waals surface area contributed by atoms with E-state index in [1.165, 1.54) is 0 Å². The summed E-state index contributed by atoms with van der Waals surface area (Å²) < 4.78 is 1.82. The first kappa shape index (κ1) is 9.15. The van der Waals surface area contributed by atoms with Gasteiger partial charge in [0.2, 0.25) is 0 Å². The van der Waals surface area contributed by atoms with E-state index in [1.807, 2.05) is 4.57 Å². The minimum atomic E-state index is -0.695. The number of hydrogen-bond acceptors (Lipinski definition) is 4. The van der Waals surface area contributed by atoms with Crippen LogP contribution in [-0.4, -0.2) is 26.4 Å². The summed E-state index contributed by atoms with van der Waals surface area (Å²) in [6, 6.07) is 0. The molecule has 1 rings (SSSR count). The van der Waals surface area contributed by atoms with Crippen molar-refractivity contribution in [2.45, 2.75) is 26.0 Å². The van der Waals surface area contributed by atoms with Crippen LogP contribution in [0, 0.1) is 0 Å². The summed E-state index contributed by atoms with van der Waals surface area (Å²) in [7, 11) is 0. The number of rotatable bonds is 4. The van der Waals surface area contributed by atoms with Crippen molar-refractivity contribution in [1.29, 1.82) is 0 Å². The summed E-state index contributed by atoms with van der Waals surface area (Å²) in [6.45, 7) is 3.06. The van der Waals surface area contributed by atoms with Gasteiger partial charge < -0.3 is 15.4 Å². The molecule has 12 heavy (non-hydrogen) atoms. The lowest BCUT2D eigenvalue weighted by Crippen LogP contribution is -2.16. The molecule has 3 N–H and O–H groups in total. The van der Waals surface area contributed by atoms with Crippen LogP contribution in [0.3, 0.4) is 0 Å². The van der Waals surface area contributed by atoms with E-state index in [1.54, 1.807) is 6.33 Å². The van der Waals surface area contributed by atoms with Crippen LogP contribution in [0.1, 0.15) is 25.3 Å². The Bertz CT molecular complexity index is 235. The largest absolute Gasteiger partial charge is 0.384 e. The highest BCUT2D eigenvalue weighted by Gasteiger charge is 2.11. The molecule has 1 atom stereocenters. The SMILES string of the molecule is CCCn1cnnc1C(O)CN. The average molecular weight is 170 g/mol. The highest BCUT2D eigenvalue weighted by Crippen LogP contribution is 2.07. The van der Waals surface area contributed by atoms with Gasteiger partial charge in [-0.3, -0.25) is 0 Å². The van der Waals surface area contributed by atoms with Gasteiger partial charge in [0.1, 0.15) is 12.4 Å². The molecule has 68 valence electrons. The van der Waals surface area contributed by atoms with Crippen molar-refractivity contribution in [3.05, 3.63) is 12.2 Å². The van der Waals surface area contributed by atoms with E-state index in [2.05, 4.69) is 17.1 Å². The molecule has 1 aromatic rings. The van der Waals surface area contributed by atoms with Crippen LogP contribution in [0.2, 0.25) is 0 Å². The van der Waals surface area contributed by atoms with E-state index in [9.17, 15) is 5.11 Å². The summed E-state index contributed by atoms with van der Waals surface area (Å²) in [5.41, 5.74) is 5.30. The molecule has 0 aromatic carbocycles. The first-order valence-electron chi connectivity index (χ1n) is 4.05. The molecule has 0 bridgehead atoms. The zero-order valence-corrected chi connectivity index (χ0v) is 7.14. The molecule has 0 aliphatic rings. The van der Waals surface area contributed by atoms with Crippen molar-refractivity contribution in [2.75, 3.05) is 6.54 Å². The Morgan fingerprint density at radius 1 is 1.75 bits per heavy atom. The van der Waals surface area contributed by atoms with Gasteiger partial charge >= 0.3 is 0 Å². The van der Waals surface area contributed by atoms with Crippen molar-refractivity contribution >= 4 is 0 Å². The minimum absolute atomic E-state index is 0.183. The predicted molar refractivity (Wildman–Crippen MR) is 44.3 cm³/mol. The van der Waals surface area contributed by atoms with Gasteiger partial charge in [-0.15, -0.1) is 10.2 Å². The van der Waals surface area contributed by atoms with Gasteiger partial charge in [0.25, 0.3) is 0 Å². The van der Waals surface area contributed by atoms with Crippen LogP contribution >= 0.6 is 0 Å². The third-order valence-corrected chi connectivity index (χ3v) is 1.63. The molecular weight excluding hydrogens is 156 g/mol. The second kappa shape index (κ2) is 4.18. The second-order valence-electron chi connectivity index (χ2n) is 2.63. The maximum atomic E-state index is 9.38. The predicted octanol–water partition coefficient (Wildman–Crippen LogP) is -0.320. The molecule has 0 fully saturated rings. The van der Waals surface area contributed by atoms with E-state index in [4.69, 9.17) is 5.73 Å². The van der Waals surface area contributed by atoms with Crippen molar-refractivity contribution in [3.63, 3.8) is 0 Å². The van der Waals surface area contributed by atoms with Gasteiger partial charge in [-0.05, 0) is 6.42 Å². The molecule has 0 saturated heterocycles. The van der Waals surface area contributed by atoms with Crippen LogP contribution < -0.4 is 5.73 Å². The van der Waals surface area contributed by atoms with E-state index < -0.39 is 6.10 Å². The number of aliphatic hydroxyl groups is 1. The van der Waals surface area contributed by atoms with E-state index in [0.717, 1.165) is 13.0 Å². The number of nitrogens with zero attached hydrogens (tertiary/aromatic N) is 3. The van der Waals surface area contributed by atoms with Crippen LogP contribution in [-0.2, 0) is 6.54 Å². The van der Waals surface area contributed by atoms with Gasteiger partial charge in [-0.1, -0.05) is 6.92 Å². The Balaban J connectivity index is 2.76. The first-order chi connectivity index (χ1) is 5.79. The average Bonchev–Trinajstić information content (AvgIpc) is 2.52. The third kappa shape index (κ3) is 1.80. The fourth-order valence-electron chi connectivity index (χ4n) is 1.04. The Hall–Kier alpha value is -0.940. The van der Waals surface area contributed by atoms with Gasteiger partial charge in [0, 0.05) is 13.1 Å². The summed E-state index contributed by atoms with van der Waals surface area (Å²) in [5, 5.41) is 16.9. The van der Waals surface area contributed by atoms with Crippen molar-refractivity contribution in [2.24, 2.45) is 5.73 Å². The number of aliphatic hydroxyl groups excluding tert-OH is 1. The zero-order chi connectivity index (χ0) is 8.97. The van der Waals surface area contributed by atoms with Gasteiger partial charge in [0.05, 0.1) is 0 Å². The Morgan fingerprint density at radius 2 is 2.50 bits per heavy atom. The number of aromatic nitrogens is 3. The molecule has 5 nitrogen and oxygen atoms in total. The standard InChI is InChI=1S/C7H14N4O/c1-2-3-11-5-9-10-7(11)6(12)4-8/h5-6,12H,2-4,8H2,1H3. The molecule has 0 radical (unpaired) electrons. The normalized spacial score (nSPS) is 13.2. The molecule has 1 heterocycles. The lowest BCUT2D eigenvalue weighted by atomic mass is 10.3. The van der Waals surface area contributed by atoms with E-state index >= 15 is 0 Å². The fourth-order valence-corrected chi connectivity index (χ4v) is 1.04. The molecule has 0 aliphatic carbocycles. The van der Waals surface area contributed by atoms with Gasteiger partial charge in [-0.2, -0.15) is 0 Å². The Kier molecular flexibility index (Phi) is 3.19. The minimum Gasteiger partial charge on any atom is -0.384 e. The molecule has 1 unspecified atom stereocenters. The monoisotopic (exact) mass is 170 g/mol. The fraction of sp³-hybridized carbons (Fsp3) is 0.714. The van der Waals surface area contributed by atoms with Crippen molar-refractivity contribution in [3.8, 4) is 0 Å². The Labute approximate surface area is 71.2 Å². The summed E-state index contributed by atoms with van der Waals surface area (Å²) in [5.74, 6) is 0.555. The number of aryl methyl sites for hydroxylation is 1. The third-order valence-electron chi connectivity index (χ3n) is 1.63. The molecule has 0 spiro atoms. The molecule has 0 amide bonds. The van der Waals surface area contributed by atoms with Crippen molar-refractivity contribution < 1.29 is 5.11 Å². The smallest absolute Gasteiger partial charge is 0.163 e. The van der Waals surface area contributed by atoms with E-state index in [0.29, 0.717) is 5.82 Å². The summed E-state index contributed by atoms with van der Waals surface area (Å²) >= 11 is 0. The highest BCUT2D eigenvalue weighted by atomic mass is 16.3. The molecular formula is C7H14N4O. The molecule has 0 saturated carbocycles. The maximum Gasteiger partial charge on any atom is 0.163 e. The first-order valence-corrected chi connectivity index (χ1v) is 4.05. The summed E-state index contributed by atoms with van der Waals surface area (Å²) in [6.07, 6.45) is 1.90. The highest BCUT2D eigenvalue weighted by molar-refractivity contribution is 4.91. The van der Waals surface area contributed by atoms with Crippen LogP contribution in [0.4, 0.5) is 0 Å². The van der Waals surface area contributed by atoms with Gasteiger partial charge in [0.15, 0.2) is 5.82 Å². The second-order valence-corrected chi connectivity index (χ2v) is 2.63. The lowest BCUT2D eigenvalue weighted by molar-refractivity contribution is 0.171. The molecule has 5 heteroatoms. The lowest BCUT2D eigenvalue weighted by Gasteiger charge is -2.08. The zero-order valence-electron chi connectivity index (χ0n) is 7.14. The molecule has 0 aliphatic heterocycles. The number of hydrogen-bond donors (Lipinski definition) is 2. The van der Waals surface area contributed by atoms with Crippen molar-refractivity contribution in [1.82, 2.24) is 14.8 Å². The quantitative estimate of drug-likeness (QED) is 0.649. The molecule has 1 aromatic heterocycles. The number of nitrogens with two attached hydrogens (primary N) is 1. The summed E-state index contributed by atoms with van der Waals surface area (Å²) in [4.78, 5) is 0. The van der Waals surface area contributed by atoms with Crippen LogP contribution in [0.5, 0.6) is 0 Å². The van der Waals surface area contributed by atoms with Crippen LogP contribution in [0.15, 0.2) is 6.33 Å². The van der Waals surface area contributed by atoms with Gasteiger partial charge in [-0.25, -0.2) is 0 Å². The Morgan fingerprint density at radius 3 is 3.08 bits per heavy atom. The topological polar surface area (TPSA) is 77.0 Å². The van der Waals surface area contributed by atoms with Crippen LogP contribution in [0.25, 0.3) is 0 Å². The maximum absolute atomic E-state index is 9.38.